The van der Waals surface area contributed by atoms with E-state index in [1.54, 1.807) is 55.7 Å². The number of fused-ring (bicyclic) bond motifs is 1. The van der Waals surface area contributed by atoms with Crippen LogP contribution < -0.4 is 4.72 Å². The average molecular weight is 687 g/mol. The minimum absolute atomic E-state index is 0.0184. The van der Waals surface area contributed by atoms with Crippen LogP contribution in [0, 0.1) is 5.92 Å². The number of hydrogen-bond acceptors (Lipinski definition) is 8. The molecule has 0 radical (unpaired) electrons. The molecular weight excluding hydrogens is 636 g/mol. The standard InChI is InChI=1S/C35H50N4O8S/c1-5-46-32(41)25-39(24-26-13-12-20-38(23-26)34(43)47-35(2,3)4)31(40)22-30(33(42)37-18-10-6-7-11-19-37)36-48(44,45)29-17-16-27-14-8-9-15-28(27)21-29/h8-9,14-17,21,26,30,36H,5-7,10-13,18-20,22-25H2,1-4H3/t26-,30+/m1/s1. The number of benzene rings is 2. The summed E-state index contributed by atoms with van der Waals surface area (Å²) in [5.74, 6) is -1.82. The first kappa shape index (κ1) is 37.1. The highest BCUT2D eigenvalue weighted by Gasteiger charge is 2.35. The van der Waals surface area contributed by atoms with Gasteiger partial charge in [-0.2, -0.15) is 4.72 Å². The molecule has 1 N–H and O–H groups in total. The average Bonchev–Trinajstić information content (AvgIpc) is 3.33. The maximum absolute atomic E-state index is 14.0. The largest absolute Gasteiger partial charge is 0.465 e. The van der Waals surface area contributed by atoms with Crippen LogP contribution in [0.25, 0.3) is 10.8 Å². The molecule has 0 spiro atoms. The summed E-state index contributed by atoms with van der Waals surface area (Å²) >= 11 is 0. The van der Waals surface area contributed by atoms with Gasteiger partial charge in [0.05, 0.1) is 17.9 Å². The van der Waals surface area contributed by atoms with Crippen LogP contribution in [0.3, 0.4) is 0 Å². The molecule has 2 heterocycles. The van der Waals surface area contributed by atoms with E-state index < -0.39 is 52.0 Å². The molecule has 0 aliphatic carbocycles. The Morgan fingerprint density at radius 2 is 1.60 bits per heavy atom. The highest BCUT2D eigenvalue weighted by Crippen LogP contribution is 2.23. The molecule has 2 atom stereocenters. The Morgan fingerprint density at radius 1 is 0.938 bits per heavy atom. The fourth-order valence-electron chi connectivity index (χ4n) is 6.22. The second kappa shape index (κ2) is 16.6. The number of esters is 1. The van der Waals surface area contributed by atoms with Gasteiger partial charge in [0.15, 0.2) is 0 Å². The van der Waals surface area contributed by atoms with Gasteiger partial charge in [0, 0.05) is 32.7 Å². The third kappa shape index (κ3) is 10.6. The van der Waals surface area contributed by atoms with E-state index >= 15 is 0 Å². The molecule has 0 unspecified atom stereocenters. The van der Waals surface area contributed by atoms with Gasteiger partial charge in [-0.3, -0.25) is 14.4 Å². The molecule has 13 heteroatoms. The minimum Gasteiger partial charge on any atom is -0.465 e. The number of carbonyl (C=O) groups is 4. The number of amides is 3. The van der Waals surface area contributed by atoms with Gasteiger partial charge >= 0.3 is 12.1 Å². The molecule has 2 aliphatic rings. The van der Waals surface area contributed by atoms with Gasteiger partial charge < -0.3 is 24.2 Å². The van der Waals surface area contributed by atoms with Crippen molar-refractivity contribution < 1.29 is 37.1 Å². The number of carbonyl (C=O) groups excluding carboxylic acids is 4. The van der Waals surface area contributed by atoms with Crippen molar-refractivity contribution in [2.75, 3.05) is 45.9 Å². The lowest BCUT2D eigenvalue weighted by molar-refractivity contribution is -0.150. The first-order valence-corrected chi connectivity index (χ1v) is 18.5. The number of nitrogens with zero attached hydrogens (tertiary/aromatic N) is 3. The maximum Gasteiger partial charge on any atom is 0.410 e. The first-order valence-electron chi connectivity index (χ1n) is 17.0. The smallest absolute Gasteiger partial charge is 0.410 e. The lowest BCUT2D eigenvalue weighted by atomic mass is 9.97. The molecule has 2 aromatic carbocycles. The molecule has 0 bridgehead atoms. The predicted molar refractivity (Wildman–Crippen MR) is 181 cm³/mol. The van der Waals surface area contributed by atoms with Gasteiger partial charge in [-0.25, -0.2) is 13.2 Å². The first-order chi connectivity index (χ1) is 22.8. The highest BCUT2D eigenvalue weighted by atomic mass is 32.2. The van der Waals surface area contributed by atoms with Crippen molar-refractivity contribution in [2.24, 2.45) is 5.92 Å². The Morgan fingerprint density at radius 3 is 2.27 bits per heavy atom. The molecular formula is C35H50N4O8S. The van der Waals surface area contributed by atoms with Gasteiger partial charge in [-0.15, -0.1) is 0 Å². The molecule has 0 aromatic heterocycles. The van der Waals surface area contributed by atoms with Crippen molar-refractivity contribution in [1.29, 1.82) is 0 Å². The zero-order valence-electron chi connectivity index (χ0n) is 28.6. The molecule has 2 aromatic rings. The Labute approximate surface area is 284 Å². The number of sulfonamides is 1. The lowest BCUT2D eigenvalue weighted by Gasteiger charge is -2.36. The van der Waals surface area contributed by atoms with Crippen molar-refractivity contribution in [2.45, 2.75) is 89.2 Å². The molecule has 2 fully saturated rings. The fourth-order valence-corrected chi connectivity index (χ4v) is 7.44. The maximum atomic E-state index is 14.0. The number of nitrogens with one attached hydrogen (secondary N) is 1. The van der Waals surface area contributed by atoms with Crippen LogP contribution in [-0.4, -0.2) is 105 Å². The van der Waals surface area contributed by atoms with Crippen molar-refractivity contribution >= 4 is 44.7 Å². The van der Waals surface area contributed by atoms with Crippen LogP contribution in [-0.2, 0) is 33.9 Å². The monoisotopic (exact) mass is 686 g/mol. The predicted octanol–water partition coefficient (Wildman–Crippen LogP) is 4.32. The number of rotatable bonds is 11. The lowest BCUT2D eigenvalue weighted by Crippen LogP contribution is -2.52. The zero-order valence-corrected chi connectivity index (χ0v) is 29.4. The van der Waals surface area contributed by atoms with Crippen LogP contribution in [0.15, 0.2) is 47.4 Å². The summed E-state index contributed by atoms with van der Waals surface area (Å²) in [6.45, 7) is 8.71. The van der Waals surface area contributed by atoms with Gasteiger partial charge in [-0.1, -0.05) is 43.2 Å². The topological polar surface area (TPSA) is 143 Å². The zero-order chi connectivity index (χ0) is 34.9. The van der Waals surface area contributed by atoms with Crippen LogP contribution in [0.5, 0.6) is 0 Å². The Bertz CT molecular complexity index is 1550. The summed E-state index contributed by atoms with van der Waals surface area (Å²) in [4.78, 5) is 58.0. The molecule has 12 nitrogen and oxygen atoms in total. The van der Waals surface area contributed by atoms with E-state index in [-0.39, 0.29) is 30.5 Å². The van der Waals surface area contributed by atoms with E-state index in [1.165, 1.54) is 11.0 Å². The fraction of sp³-hybridized carbons (Fsp3) is 0.600. The van der Waals surface area contributed by atoms with Crippen LogP contribution in [0.1, 0.15) is 72.6 Å². The molecule has 264 valence electrons. The third-order valence-corrected chi connectivity index (χ3v) is 10.0. The second-order valence-electron chi connectivity index (χ2n) is 13.6. The molecule has 48 heavy (non-hydrogen) atoms. The summed E-state index contributed by atoms with van der Waals surface area (Å²) in [5.41, 5.74) is -0.662. The van der Waals surface area contributed by atoms with Crippen molar-refractivity contribution in [1.82, 2.24) is 19.4 Å². The van der Waals surface area contributed by atoms with Gasteiger partial charge in [-0.05, 0) is 82.2 Å². The number of ether oxygens (including phenoxy) is 2. The number of likely N-dealkylation sites (tertiary alicyclic amines) is 2. The Kier molecular flexibility index (Phi) is 12.8. The van der Waals surface area contributed by atoms with Crippen LogP contribution in [0.2, 0.25) is 0 Å². The van der Waals surface area contributed by atoms with Crippen molar-refractivity contribution in [3.8, 4) is 0 Å². The van der Waals surface area contributed by atoms with Crippen LogP contribution in [0.4, 0.5) is 4.79 Å². The van der Waals surface area contributed by atoms with Gasteiger partial charge in [0.1, 0.15) is 18.2 Å². The molecule has 2 saturated heterocycles. The minimum atomic E-state index is -4.22. The number of hydrogen-bond donors (Lipinski definition) is 1. The summed E-state index contributed by atoms with van der Waals surface area (Å²) in [6.07, 6.45) is 3.97. The summed E-state index contributed by atoms with van der Waals surface area (Å²) in [6, 6.07) is 10.7. The van der Waals surface area contributed by atoms with Crippen LogP contribution >= 0.6 is 0 Å². The Balaban J connectivity index is 1.57. The number of piperidine rings is 1. The van der Waals surface area contributed by atoms with E-state index in [1.807, 2.05) is 18.2 Å². The van der Waals surface area contributed by atoms with Crippen molar-refractivity contribution in [3.05, 3.63) is 42.5 Å². The highest BCUT2D eigenvalue weighted by molar-refractivity contribution is 7.89. The Hall–Kier alpha value is -3.71. The normalized spacial score (nSPS) is 18.1. The van der Waals surface area contributed by atoms with E-state index in [2.05, 4.69) is 4.72 Å². The SMILES string of the molecule is CCOC(=O)CN(C[C@@H]1CCCN(C(=O)OC(C)(C)C)C1)C(=O)C[C@H](NS(=O)(=O)c1ccc2ccccc2c1)C(=O)N1CCCCCC1. The molecule has 4 rings (SSSR count). The van der Waals surface area contributed by atoms with Gasteiger partial charge in [0.25, 0.3) is 0 Å². The second-order valence-corrected chi connectivity index (χ2v) is 15.4. The van der Waals surface area contributed by atoms with E-state index in [9.17, 15) is 27.6 Å². The molecule has 3 amide bonds. The summed E-state index contributed by atoms with van der Waals surface area (Å²) < 4.78 is 40.7. The van der Waals surface area contributed by atoms with E-state index in [0.29, 0.717) is 39.0 Å². The molecule has 2 aliphatic heterocycles. The summed E-state index contributed by atoms with van der Waals surface area (Å²) in [5, 5.41) is 1.59. The van der Waals surface area contributed by atoms with E-state index in [4.69, 9.17) is 9.47 Å². The summed E-state index contributed by atoms with van der Waals surface area (Å²) in [7, 11) is -4.22. The third-order valence-electron chi connectivity index (χ3n) is 8.55. The van der Waals surface area contributed by atoms with E-state index in [0.717, 1.165) is 36.5 Å². The quantitative estimate of drug-likeness (QED) is 0.345. The molecule has 0 saturated carbocycles. The van der Waals surface area contributed by atoms with Gasteiger partial charge in [0.2, 0.25) is 21.8 Å². The van der Waals surface area contributed by atoms with Crippen molar-refractivity contribution in [3.63, 3.8) is 0 Å².